The molecule has 0 aromatic heterocycles. The first-order valence-electron chi connectivity index (χ1n) is 6.65. The Labute approximate surface area is 115 Å². The molecule has 0 amide bonds. The van der Waals surface area contributed by atoms with E-state index in [1.54, 1.807) is 0 Å². The van der Waals surface area contributed by atoms with Gasteiger partial charge in [0.05, 0.1) is 12.6 Å². The average molecular weight is 255 g/mol. The third kappa shape index (κ3) is 3.91. The first-order valence-corrected chi connectivity index (χ1v) is 6.65. The van der Waals surface area contributed by atoms with Gasteiger partial charge in [-0.25, -0.2) is 0 Å². The fraction of sp³-hybridized carbons (Fsp3) is 0.294. The van der Waals surface area contributed by atoms with Crippen LogP contribution in [-0.2, 0) is 11.4 Å². The molecule has 2 rings (SSSR count). The lowest BCUT2D eigenvalue weighted by atomic mass is 10.0. The van der Waals surface area contributed by atoms with Gasteiger partial charge in [0.25, 0.3) is 0 Å². The highest BCUT2D eigenvalue weighted by atomic mass is 16.6. The van der Waals surface area contributed by atoms with Crippen molar-refractivity contribution in [3.05, 3.63) is 70.8 Å². The molecule has 0 aliphatic rings. The summed E-state index contributed by atoms with van der Waals surface area (Å²) in [6.45, 7) is 6.94. The molecule has 0 saturated heterocycles. The fourth-order valence-corrected chi connectivity index (χ4v) is 2.11. The van der Waals surface area contributed by atoms with Gasteiger partial charge in [-0.05, 0) is 37.5 Å². The van der Waals surface area contributed by atoms with Gasteiger partial charge in [-0.3, -0.25) is 4.84 Å². The lowest BCUT2D eigenvalue weighted by Gasteiger charge is -2.17. The van der Waals surface area contributed by atoms with Gasteiger partial charge in [-0.2, -0.15) is 5.48 Å². The highest BCUT2D eigenvalue weighted by Gasteiger charge is 2.08. The highest BCUT2D eigenvalue weighted by Crippen LogP contribution is 2.18. The maximum atomic E-state index is 5.58. The molecule has 0 aliphatic carbocycles. The largest absolute Gasteiger partial charge is 0.296 e. The molecule has 0 aliphatic heterocycles. The van der Waals surface area contributed by atoms with Crippen LogP contribution in [0, 0.1) is 13.8 Å². The molecule has 0 saturated carbocycles. The first-order chi connectivity index (χ1) is 9.16. The second-order valence-electron chi connectivity index (χ2n) is 4.97. The van der Waals surface area contributed by atoms with Gasteiger partial charge in [-0.1, -0.05) is 54.1 Å². The summed E-state index contributed by atoms with van der Waals surface area (Å²) in [6, 6.07) is 16.8. The van der Waals surface area contributed by atoms with E-state index in [1.165, 1.54) is 22.3 Å². The van der Waals surface area contributed by atoms with E-state index < -0.39 is 0 Å². The van der Waals surface area contributed by atoms with Crippen molar-refractivity contribution < 1.29 is 4.84 Å². The summed E-state index contributed by atoms with van der Waals surface area (Å²) in [5.41, 5.74) is 8.13. The molecule has 0 heterocycles. The van der Waals surface area contributed by atoms with Crippen LogP contribution in [0.5, 0.6) is 0 Å². The van der Waals surface area contributed by atoms with Gasteiger partial charge in [0.15, 0.2) is 0 Å². The van der Waals surface area contributed by atoms with Crippen LogP contribution in [0.4, 0.5) is 0 Å². The standard InChI is InChI=1S/C17H21NO/c1-13-9-10-14(2)17(11-13)15(3)18-19-12-16-7-5-4-6-8-16/h4-11,15,18H,12H2,1-3H3. The molecule has 1 atom stereocenters. The predicted octanol–water partition coefficient (Wildman–Crippen LogP) is 4.09. The number of aryl methyl sites for hydroxylation is 2. The predicted molar refractivity (Wildman–Crippen MR) is 78.7 cm³/mol. The number of hydrogen-bond acceptors (Lipinski definition) is 2. The fourth-order valence-electron chi connectivity index (χ4n) is 2.11. The minimum absolute atomic E-state index is 0.184. The Morgan fingerprint density at radius 1 is 1.05 bits per heavy atom. The molecule has 2 nitrogen and oxygen atoms in total. The highest BCUT2D eigenvalue weighted by molar-refractivity contribution is 5.32. The van der Waals surface area contributed by atoms with Gasteiger partial charge < -0.3 is 0 Å². The Hall–Kier alpha value is -1.64. The van der Waals surface area contributed by atoms with Crippen LogP contribution in [0.15, 0.2) is 48.5 Å². The molecule has 0 fully saturated rings. The van der Waals surface area contributed by atoms with Crippen molar-refractivity contribution in [2.75, 3.05) is 0 Å². The molecule has 19 heavy (non-hydrogen) atoms. The van der Waals surface area contributed by atoms with Gasteiger partial charge >= 0.3 is 0 Å². The summed E-state index contributed by atoms with van der Waals surface area (Å²) in [5, 5.41) is 0. The molecule has 1 N–H and O–H groups in total. The maximum absolute atomic E-state index is 5.58. The Morgan fingerprint density at radius 3 is 2.53 bits per heavy atom. The van der Waals surface area contributed by atoms with E-state index in [0.717, 1.165) is 0 Å². The molecule has 1 unspecified atom stereocenters. The van der Waals surface area contributed by atoms with Crippen molar-refractivity contribution >= 4 is 0 Å². The van der Waals surface area contributed by atoms with Crippen LogP contribution in [-0.4, -0.2) is 0 Å². The molecule has 0 spiro atoms. The van der Waals surface area contributed by atoms with Gasteiger partial charge in [0, 0.05) is 0 Å². The van der Waals surface area contributed by atoms with Crippen molar-refractivity contribution in [1.82, 2.24) is 5.48 Å². The number of hydrogen-bond donors (Lipinski definition) is 1. The van der Waals surface area contributed by atoms with Crippen LogP contribution in [0.1, 0.15) is 35.2 Å². The molecule has 2 aromatic rings. The molecular formula is C17H21NO. The molecule has 100 valence electrons. The Balaban J connectivity index is 1.91. The van der Waals surface area contributed by atoms with E-state index in [2.05, 4.69) is 56.6 Å². The van der Waals surface area contributed by atoms with Crippen molar-refractivity contribution in [1.29, 1.82) is 0 Å². The third-order valence-electron chi connectivity index (χ3n) is 3.24. The number of hydroxylamine groups is 1. The molecule has 2 aromatic carbocycles. The summed E-state index contributed by atoms with van der Waals surface area (Å²) in [4.78, 5) is 5.58. The number of benzene rings is 2. The van der Waals surface area contributed by atoms with E-state index >= 15 is 0 Å². The van der Waals surface area contributed by atoms with Crippen LogP contribution in [0.3, 0.4) is 0 Å². The quantitative estimate of drug-likeness (QED) is 0.813. The molecule has 0 bridgehead atoms. The normalized spacial score (nSPS) is 12.4. The van der Waals surface area contributed by atoms with Crippen molar-refractivity contribution in [2.45, 2.75) is 33.4 Å². The smallest absolute Gasteiger partial charge is 0.0933 e. The van der Waals surface area contributed by atoms with Crippen molar-refractivity contribution in [3.63, 3.8) is 0 Å². The molecule has 2 heteroatoms. The maximum Gasteiger partial charge on any atom is 0.0933 e. The van der Waals surface area contributed by atoms with Gasteiger partial charge in [-0.15, -0.1) is 0 Å². The third-order valence-corrected chi connectivity index (χ3v) is 3.24. The minimum atomic E-state index is 0.184. The van der Waals surface area contributed by atoms with Crippen LogP contribution >= 0.6 is 0 Å². The van der Waals surface area contributed by atoms with Crippen LogP contribution < -0.4 is 5.48 Å². The summed E-state index contributed by atoms with van der Waals surface area (Å²) < 4.78 is 0. The van der Waals surface area contributed by atoms with E-state index in [-0.39, 0.29) is 6.04 Å². The minimum Gasteiger partial charge on any atom is -0.296 e. The van der Waals surface area contributed by atoms with Gasteiger partial charge in [0.2, 0.25) is 0 Å². The Morgan fingerprint density at radius 2 is 1.79 bits per heavy atom. The first kappa shape index (κ1) is 13.8. The van der Waals surface area contributed by atoms with Gasteiger partial charge in [0.1, 0.15) is 0 Å². The number of rotatable bonds is 5. The zero-order chi connectivity index (χ0) is 13.7. The summed E-state index contributed by atoms with van der Waals surface area (Å²) in [6.07, 6.45) is 0. The molecule has 0 radical (unpaired) electrons. The van der Waals surface area contributed by atoms with E-state index in [1.807, 2.05) is 18.2 Å². The van der Waals surface area contributed by atoms with E-state index in [0.29, 0.717) is 6.61 Å². The Kier molecular flexibility index (Phi) is 4.72. The van der Waals surface area contributed by atoms with Crippen LogP contribution in [0.25, 0.3) is 0 Å². The second-order valence-corrected chi connectivity index (χ2v) is 4.97. The lowest BCUT2D eigenvalue weighted by Crippen LogP contribution is -2.19. The van der Waals surface area contributed by atoms with E-state index in [9.17, 15) is 0 Å². The zero-order valence-electron chi connectivity index (χ0n) is 11.8. The van der Waals surface area contributed by atoms with Crippen LogP contribution in [0.2, 0.25) is 0 Å². The summed E-state index contributed by atoms with van der Waals surface area (Å²) >= 11 is 0. The SMILES string of the molecule is Cc1ccc(C)c(C(C)NOCc2ccccc2)c1. The summed E-state index contributed by atoms with van der Waals surface area (Å²) in [7, 11) is 0. The lowest BCUT2D eigenvalue weighted by molar-refractivity contribution is 0.00685. The van der Waals surface area contributed by atoms with E-state index in [4.69, 9.17) is 4.84 Å². The topological polar surface area (TPSA) is 21.3 Å². The number of nitrogens with one attached hydrogen (secondary N) is 1. The Bertz CT molecular complexity index is 522. The molecular weight excluding hydrogens is 234 g/mol. The second kappa shape index (κ2) is 6.50. The van der Waals surface area contributed by atoms with Crippen molar-refractivity contribution in [3.8, 4) is 0 Å². The summed E-state index contributed by atoms with van der Waals surface area (Å²) in [5.74, 6) is 0. The average Bonchev–Trinajstić information content (AvgIpc) is 2.42. The zero-order valence-corrected chi connectivity index (χ0v) is 11.8. The monoisotopic (exact) mass is 255 g/mol. The van der Waals surface area contributed by atoms with Crippen molar-refractivity contribution in [2.24, 2.45) is 0 Å².